The summed E-state index contributed by atoms with van der Waals surface area (Å²) in [6.45, 7) is 2.20. The third-order valence-corrected chi connectivity index (χ3v) is 7.56. The molecule has 0 amide bonds. The van der Waals surface area contributed by atoms with Gasteiger partial charge in [-0.05, 0) is 29.7 Å². The molecule has 0 radical (unpaired) electrons. The maximum atomic E-state index is 13.2. The van der Waals surface area contributed by atoms with Crippen LogP contribution in [0.5, 0.6) is 0 Å². The molecule has 3 aromatic heterocycles. The molecular weight excluding hydrogens is 563 g/mol. The maximum absolute atomic E-state index is 13.2. The summed E-state index contributed by atoms with van der Waals surface area (Å²) in [5, 5.41) is 9.36. The van der Waals surface area contributed by atoms with Gasteiger partial charge in [0.15, 0.2) is 17.2 Å². The number of aryl methyl sites for hydroxylation is 3. The number of benzene rings is 3. The lowest BCUT2D eigenvalue weighted by Gasteiger charge is -2.12. The Morgan fingerprint density at radius 1 is 0.857 bits per heavy atom. The molecule has 212 valence electrons. The lowest BCUT2D eigenvalue weighted by Crippen LogP contribution is -2.23. The largest absolute Gasteiger partial charge is 0.434 e. The fraction of sp³-hybridized carbons (Fsp3) is 0.161. The monoisotopic (exact) mass is 587 g/mol. The Morgan fingerprint density at radius 3 is 2.24 bits per heavy atom. The Kier molecular flexibility index (Phi) is 6.73. The first-order valence-corrected chi connectivity index (χ1v) is 13.4. The molecule has 0 saturated carbocycles. The third kappa shape index (κ3) is 4.77. The van der Waals surface area contributed by atoms with E-state index in [1.165, 1.54) is 11.6 Å². The molecule has 1 N–H and O–H groups in total. The van der Waals surface area contributed by atoms with E-state index in [1.807, 2.05) is 67.6 Å². The van der Waals surface area contributed by atoms with Gasteiger partial charge in [-0.15, -0.1) is 0 Å². The highest BCUT2D eigenvalue weighted by atomic mass is 35.5. The van der Waals surface area contributed by atoms with Crippen molar-refractivity contribution in [2.75, 3.05) is 0 Å². The second-order valence-electron chi connectivity index (χ2n) is 10.1. The SMILES string of the molecule is Cc1nc(-c2c(Cl)cccc2-c2ccccc2)nc2c1n(C)c(=N)n2Cc1ccc(-c2nc(C(F)(F)F)cn2C)cc1. The van der Waals surface area contributed by atoms with Gasteiger partial charge in [-0.25, -0.2) is 15.0 Å². The van der Waals surface area contributed by atoms with Crippen LogP contribution in [0.2, 0.25) is 5.02 Å². The summed E-state index contributed by atoms with van der Waals surface area (Å²) in [5.41, 5.74) is 5.27. The predicted octanol–water partition coefficient (Wildman–Crippen LogP) is 7.01. The van der Waals surface area contributed by atoms with Gasteiger partial charge in [0, 0.05) is 31.4 Å². The molecule has 0 bridgehead atoms. The summed E-state index contributed by atoms with van der Waals surface area (Å²) in [4.78, 5) is 13.5. The van der Waals surface area contributed by atoms with E-state index in [1.54, 1.807) is 28.3 Å². The molecule has 0 fully saturated rings. The minimum absolute atomic E-state index is 0.217. The Balaban J connectivity index is 1.42. The van der Waals surface area contributed by atoms with Crippen molar-refractivity contribution in [1.82, 2.24) is 28.7 Å². The summed E-state index contributed by atoms with van der Waals surface area (Å²) < 4.78 is 44.3. The van der Waals surface area contributed by atoms with E-state index in [0.717, 1.165) is 28.4 Å². The number of rotatable bonds is 5. The number of hydrogen-bond acceptors (Lipinski definition) is 4. The fourth-order valence-corrected chi connectivity index (χ4v) is 5.46. The second-order valence-corrected chi connectivity index (χ2v) is 10.5. The minimum atomic E-state index is -4.52. The molecule has 11 heteroatoms. The van der Waals surface area contributed by atoms with Crippen molar-refractivity contribution in [2.24, 2.45) is 14.1 Å². The molecule has 0 atom stereocenters. The number of hydrogen-bond donors (Lipinski definition) is 1. The van der Waals surface area contributed by atoms with Crippen molar-refractivity contribution in [1.29, 1.82) is 5.41 Å². The number of alkyl halides is 3. The molecule has 0 aliphatic heterocycles. The highest BCUT2D eigenvalue weighted by Gasteiger charge is 2.34. The van der Waals surface area contributed by atoms with Crippen LogP contribution in [-0.2, 0) is 26.8 Å². The molecule has 0 unspecified atom stereocenters. The average molecular weight is 588 g/mol. The summed E-state index contributed by atoms with van der Waals surface area (Å²) >= 11 is 6.73. The van der Waals surface area contributed by atoms with Gasteiger partial charge >= 0.3 is 6.18 Å². The van der Waals surface area contributed by atoms with E-state index in [9.17, 15) is 13.2 Å². The quantitative estimate of drug-likeness (QED) is 0.236. The summed E-state index contributed by atoms with van der Waals surface area (Å²) in [7, 11) is 3.33. The molecule has 0 spiro atoms. The van der Waals surface area contributed by atoms with Crippen LogP contribution in [0, 0.1) is 12.3 Å². The number of aromatic nitrogens is 6. The van der Waals surface area contributed by atoms with E-state index in [4.69, 9.17) is 27.0 Å². The van der Waals surface area contributed by atoms with Gasteiger partial charge in [0.05, 0.1) is 17.3 Å². The zero-order valence-corrected chi connectivity index (χ0v) is 23.7. The van der Waals surface area contributed by atoms with Crippen LogP contribution in [-0.4, -0.2) is 28.7 Å². The van der Waals surface area contributed by atoms with Gasteiger partial charge in [0.25, 0.3) is 0 Å². The van der Waals surface area contributed by atoms with Gasteiger partial charge in [-0.2, -0.15) is 13.2 Å². The van der Waals surface area contributed by atoms with Crippen molar-refractivity contribution < 1.29 is 13.2 Å². The zero-order chi connectivity index (χ0) is 29.8. The van der Waals surface area contributed by atoms with E-state index in [0.29, 0.717) is 39.9 Å². The minimum Gasteiger partial charge on any atom is -0.333 e. The molecule has 42 heavy (non-hydrogen) atoms. The lowest BCUT2D eigenvalue weighted by atomic mass is 9.99. The first-order chi connectivity index (χ1) is 20.0. The summed E-state index contributed by atoms with van der Waals surface area (Å²) in [5.74, 6) is 0.671. The first kappa shape index (κ1) is 27.5. The second kappa shape index (κ2) is 10.3. The van der Waals surface area contributed by atoms with Crippen molar-refractivity contribution >= 4 is 22.8 Å². The van der Waals surface area contributed by atoms with Crippen molar-refractivity contribution in [3.63, 3.8) is 0 Å². The molecular formula is C31H25ClF3N7. The van der Waals surface area contributed by atoms with Crippen LogP contribution in [0.1, 0.15) is 17.0 Å². The van der Waals surface area contributed by atoms with Crippen molar-refractivity contribution in [3.05, 3.63) is 107 Å². The van der Waals surface area contributed by atoms with Gasteiger partial charge < -0.3 is 9.13 Å². The highest BCUT2D eigenvalue weighted by molar-refractivity contribution is 6.34. The summed E-state index contributed by atoms with van der Waals surface area (Å²) in [6, 6.07) is 22.7. The van der Waals surface area contributed by atoms with E-state index >= 15 is 0 Å². The summed E-state index contributed by atoms with van der Waals surface area (Å²) in [6.07, 6.45) is -3.54. The van der Waals surface area contributed by atoms with Gasteiger partial charge in [-0.3, -0.25) is 9.98 Å². The number of nitrogens with one attached hydrogen (secondary N) is 1. The highest BCUT2D eigenvalue weighted by Crippen LogP contribution is 2.37. The molecule has 0 aliphatic rings. The molecule has 6 aromatic rings. The Bertz CT molecular complexity index is 2000. The number of fused-ring (bicyclic) bond motifs is 1. The Hall–Kier alpha value is -4.70. The molecule has 3 aromatic carbocycles. The topological polar surface area (TPSA) is 77.3 Å². The van der Waals surface area contributed by atoms with Crippen LogP contribution < -0.4 is 5.62 Å². The third-order valence-electron chi connectivity index (χ3n) is 7.25. The van der Waals surface area contributed by atoms with Gasteiger partial charge in [-0.1, -0.05) is 78.3 Å². The first-order valence-electron chi connectivity index (χ1n) is 13.1. The van der Waals surface area contributed by atoms with Crippen molar-refractivity contribution in [2.45, 2.75) is 19.6 Å². The number of imidazole rings is 2. The molecule has 7 nitrogen and oxygen atoms in total. The van der Waals surface area contributed by atoms with E-state index in [-0.39, 0.29) is 11.4 Å². The Morgan fingerprint density at radius 2 is 1.57 bits per heavy atom. The number of nitrogens with zero attached hydrogens (tertiary/aromatic N) is 6. The average Bonchev–Trinajstić information content (AvgIpc) is 3.47. The van der Waals surface area contributed by atoms with Gasteiger partial charge in [0.1, 0.15) is 11.3 Å². The van der Waals surface area contributed by atoms with Crippen molar-refractivity contribution in [3.8, 4) is 33.9 Å². The van der Waals surface area contributed by atoms with E-state index in [2.05, 4.69) is 4.98 Å². The molecule has 0 saturated heterocycles. The number of halogens is 4. The molecule has 6 rings (SSSR count). The fourth-order valence-electron chi connectivity index (χ4n) is 5.20. The zero-order valence-electron chi connectivity index (χ0n) is 22.9. The van der Waals surface area contributed by atoms with Crippen LogP contribution in [0.25, 0.3) is 45.1 Å². The smallest absolute Gasteiger partial charge is 0.333 e. The van der Waals surface area contributed by atoms with Gasteiger partial charge in [0.2, 0.25) is 5.62 Å². The standard InChI is InChI=1S/C31H25ClF3N7/c1-18-26-29(39-27(37-18)25-22(10-7-11-23(25)32)20-8-5-4-6-9-20)42(30(36)41(26)3)16-19-12-14-21(15-13-19)28-38-24(17-40(28)2)31(33,34)35/h4-15,17,36H,16H2,1-3H3. The van der Waals surface area contributed by atoms with Crippen LogP contribution >= 0.6 is 11.6 Å². The van der Waals surface area contributed by atoms with Crippen LogP contribution in [0.3, 0.4) is 0 Å². The molecule has 3 heterocycles. The van der Waals surface area contributed by atoms with E-state index < -0.39 is 11.9 Å². The van der Waals surface area contributed by atoms with Crippen LogP contribution in [0.15, 0.2) is 79.0 Å². The maximum Gasteiger partial charge on any atom is 0.434 e. The lowest BCUT2D eigenvalue weighted by molar-refractivity contribution is -0.140. The normalized spacial score (nSPS) is 11.9. The van der Waals surface area contributed by atoms with Crippen LogP contribution in [0.4, 0.5) is 13.2 Å². The molecule has 0 aliphatic carbocycles. The Labute approximate surface area is 244 Å². The predicted molar refractivity (Wildman–Crippen MR) is 156 cm³/mol.